The van der Waals surface area contributed by atoms with Crippen molar-refractivity contribution >= 4 is 29.5 Å². The Morgan fingerprint density at radius 2 is 1.77 bits per heavy atom. The standard InChI is InChI=1S/C25H35N3O6S/c1-23(2,3)33-21(30)28(22(31)34-24(4,5)6)12-8-10-17-14-25(17,20(29)32-7)18-15-27(16-26-18)19-11-9-13-35-19/h9,11,13,15-17H,8,10,12,14H2,1-7H3. The lowest BCUT2D eigenvalue weighted by atomic mass is 9.97. The maximum atomic E-state index is 12.8. The summed E-state index contributed by atoms with van der Waals surface area (Å²) < 4.78 is 17.9. The summed E-state index contributed by atoms with van der Waals surface area (Å²) in [6, 6.07) is 3.93. The van der Waals surface area contributed by atoms with Crippen molar-refractivity contribution in [1.82, 2.24) is 14.5 Å². The molecule has 1 aliphatic rings. The highest BCUT2D eigenvalue weighted by Gasteiger charge is 2.63. The number of rotatable bonds is 7. The van der Waals surface area contributed by atoms with Gasteiger partial charge < -0.3 is 14.2 Å². The quantitative estimate of drug-likeness (QED) is 0.371. The molecular weight excluding hydrogens is 470 g/mol. The number of amides is 2. The number of imide groups is 1. The van der Waals surface area contributed by atoms with Crippen LogP contribution >= 0.6 is 11.3 Å². The van der Waals surface area contributed by atoms with E-state index in [0.29, 0.717) is 25.0 Å². The summed E-state index contributed by atoms with van der Waals surface area (Å²) in [5, 5.41) is 2.98. The van der Waals surface area contributed by atoms with Gasteiger partial charge in [0.15, 0.2) is 0 Å². The van der Waals surface area contributed by atoms with Crippen LogP contribution in [0.4, 0.5) is 9.59 Å². The van der Waals surface area contributed by atoms with Gasteiger partial charge >= 0.3 is 18.2 Å². The molecule has 1 aliphatic carbocycles. The molecule has 10 heteroatoms. The number of thiophene rings is 1. The number of carbonyl (C=O) groups is 3. The molecule has 0 aromatic carbocycles. The molecule has 0 aliphatic heterocycles. The zero-order valence-electron chi connectivity index (χ0n) is 21.5. The fraction of sp³-hybridized carbons (Fsp3) is 0.600. The number of hydrogen-bond acceptors (Lipinski definition) is 8. The first kappa shape index (κ1) is 26.7. The van der Waals surface area contributed by atoms with Crippen LogP contribution < -0.4 is 0 Å². The van der Waals surface area contributed by atoms with E-state index in [-0.39, 0.29) is 18.4 Å². The molecule has 2 aromatic rings. The van der Waals surface area contributed by atoms with Gasteiger partial charge in [-0.1, -0.05) is 0 Å². The Balaban J connectivity index is 1.70. The average Bonchev–Trinajstić information content (AvgIpc) is 3.11. The van der Waals surface area contributed by atoms with E-state index < -0.39 is 28.8 Å². The van der Waals surface area contributed by atoms with Crippen molar-refractivity contribution in [3.05, 3.63) is 35.7 Å². The minimum absolute atomic E-state index is 0.0132. The van der Waals surface area contributed by atoms with E-state index in [0.717, 1.165) is 9.90 Å². The summed E-state index contributed by atoms with van der Waals surface area (Å²) in [7, 11) is 1.38. The molecule has 1 fully saturated rings. The molecule has 2 amide bonds. The van der Waals surface area contributed by atoms with Crippen molar-refractivity contribution in [3.8, 4) is 5.00 Å². The first-order valence-electron chi connectivity index (χ1n) is 11.7. The predicted octanol–water partition coefficient (Wildman–Crippen LogP) is 5.32. The van der Waals surface area contributed by atoms with Crippen LogP contribution in [-0.4, -0.2) is 57.5 Å². The molecule has 2 atom stereocenters. The number of nitrogens with zero attached hydrogens (tertiary/aromatic N) is 3. The van der Waals surface area contributed by atoms with Gasteiger partial charge in [0.2, 0.25) is 0 Å². The van der Waals surface area contributed by atoms with E-state index in [1.54, 1.807) is 59.2 Å². The van der Waals surface area contributed by atoms with E-state index in [1.165, 1.54) is 7.11 Å². The lowest BCUT2D eigenvalue weighted by Gasteiger charge is -2.28. The second-order valence-corrected chi connectivity index (χ2v) is 11.7. The molecule has 1 saturated carbocycles. The Hall–Kier alpha value is -2.88. The fourth-order valence-corrected chi connectivity index (χ4v) is 4.68. The van der Waals surface area contributed by atoms with Gasteiger partial charge in [-0.05, 0) is 84.2 Å². The van der Waals surface area contributed by atoms with E-state index in [2.05, 4.69) is 4.98 Å². The van der Waals surface area contributed by atoms with Crippen LogP contribution in [0.3, 0.4) is 0 Å². The number of methoxy groups -OCH3 is 1. The van der Waals surface area contributed by atoms with Gasteiger partial charge in [-0.2, -0.15) is 0 Å². The molecule has 2 aromatic heterocycles. The van der Waals surface area contributed by atoms with Gasteiger partial charge in [-0.3, -0.25) is 9.36 Å². The topological polar surface area (TPSA) is 100.0 Å². The van der Waals surface area contributed by atoms with Crippen LogP contribution in [0, 0.1) is 5.92 Å². The maximum Gasteiger partial charge on any atom is 0.419 e. The molecular formula is C25H35N3O6S. The summed E-state index contributed by atoms with van der Waals surface area (Å²) in [4.78, 5) is 43.7. The van der Waals surface area contributed by atoms with E-state index >= 15 is 0 Å². The number of hydrogen-bond donors (Lipinski definition) is 0. The number of ether oxygens (including phenoxy) is 3. The molecule has 0 N–H and O–H groups in total. The van der Waals surface area contributed by atoms with Gasteiger partial charge in [0.25, 0.3) is 0 Å². The summed E-state index contributed by atoms with van der Waals surface area (Å²) in [6.45, 7) is 10.5. The summed E-state index contributed by atoms with van der Waals surface area (Å²) in [5.74, 6) is -0.337. The fourth-order valence-electron chi connectivity index (χ4n) is 4.01. The number of imidazole rings is 1. The van der Waals surface area contributed by atoms with Crippen molar-refractivity contribution in [2.45, 2.75) is 77.4 Å². The molecule has 192 valence electrons. The summed E-state index contributed by atoms with van der Waals surface area (Å²) in [5.41, 5.74) is -1.66. The minimum atomic E-state index is -0.820. The van der Waals surface area contributed by atoms with Crippen molar-refractivity contribution in [2.75, 3.05) is 13.7 Å². The van der Waals surface area contributed by atoms with E-state index in [9.17, 15) is 14.4 Å². The molecule has 3 rings (SSSR count). The maximum absolute atomic E-state index is 12.8. The predicted molar refractivity (Wildman–Crippen MR) is 132 cm³/mol. The molecule has 2 unspecified atom stereocenters. The van der Waals surface area contributed by atoms with Crippen LogP contribution in [0.5, 0.6) is 0 Å². The normalized spacial score (nSPS) is 19.7. The third kappa shape index (κ3) is 6.42. The Labute approximate surface area is 210 Å². The van der Waals surface area contributed by atoms with E-state index in [4.69, 9.17) is 14.2 Å². The van der Waals surface area contributed by atoms with Gasteiger partial charge in [0.05, 0.1) is 12.8 Å². The Bertz CT molecular complexity index is 1020. The molecule has 35 heavy (non-hydrogen) atoms. The summed E-state index contributed by atoms with van der Waals surface area (Å²) in [6.07, 6.45) is 3.74. The zero-order valence-corrected chi connectivity index (χ0v) is 22.3. The minimum Gasteiger partial charge on any atom is -0.468 e. The van der Waals surface area contributed by atoms with Crippen LogP contribution in [-0.2, 0) is 24.4 Å². The zero-order chi connectivity index (χ0) is 26.0. The third-order valence-electron chi connectivity index (χ3n) is 5.62. The number of aromatic nitrogens is 2. The average molecular weight is 506 g/mol. The van der Waals surface area contributed by atoms with Crippen molar-refractivity contribution < 1.29 is 28.6 Å². The van der Waals surface area contributed by atoms with Crippen molar-refractivity contribution in [3.63, 3.8) is 0 Å². The van der Waals surface area contributed by atoms with E-state index in [1.807, 2.05) is 28.3 Å². The van der Waals surface area contributed by atoms with Crippen molar-refractivity contribution in [2.24, 2.45) is 5.92 Å². The second kappa shape index (κ2) is 10.0. The first-order valence-corrected chi connectivity index (χ1v) is 12.5. The Morgan fingerprint density at radius 1 is 1.14 bits per heavy atom. The molecule has 9 nitrogen and oxygen atoms in total. The third-order valence-corrected chi connectivity index (χ3v) is 6.50. The molecule has 0 bridgehead atoms. The Kier molecular flexibility index (Phi) is 7.64. The van der Waals surface area contributed by atoms with Crippen LogP contribution in [0.15, 0.2) is 30.0 Å². The van der Waals surface area contributed by atoms with Gasteiger partial charge in [-0.15, -0.1) is 11.3 Å². The number of esters is 1. The van der Waals surface area contributed by atoms with Gasteiger partial charge in [-0.25, -0.2) is 19.5 Å². The van der Waals surface area contributed by atoms with Crippen LogP contribution in [0.1, 0.15) is 66.5 Å². The van der Waals surface area contributed by atoms with Crippen molar-refractivity contribution in [1.29, 1.82) is 0 Å². The largest absolute Gasteiger partial charge is 0.468 e. The highest BCUT2D eigenvalue weighted by Crippen LogP contribution is 2.57. The molecule has 0 spiro atoms. The number of carbonyl (C=O) groups excluding carboxylic acids is 3. The lowest BCUT2D eigenvalue weighted by Crippen LogP contribution is -2.44. The van der Waals surface area contributed by atoms with Gasteiger partial charge in [0, 0.05) is 12.7 Å². The summed E-state index contributed by atoms with van der Waals surface area (Å²) >= 11 is 1.58. The first-order chi connectivity index (χ1) is 16.3. The van der Waals surface area contributed by atoms with Gasteiger partial charge in [0.1, 0.15) is 27.9 Å². The Morgan fingerprint density at radius 3 is 2.29 bits per heavy atom. The second-order valence-electron chi connectivity index (χ2n) is 10.7. The van der Waals surface area contributed by atoms with Crippen LogP contribution in [0.25, 0.3) is 5.00 Å². The molecule has 2 heterocycles. The van der Waals surface area contributed by atoms with Crippen LogP contribution in [0.2, 0.25) is 0 Å². The molecule has 0 saturated heterocycles. The highest BCUT2D eigenvalue weighted by molar-refractivity contribution is 7.12. The molecule has 0 radical (unpaired) electrons. The SMILES string of the molecule is COC(=O)C1(c2cn(-c3cccs3)cn2)CC1CCCN(C(=O)OC(C)(C)C)C(=O)OC(C)(C)C. The highest BCUT2D eigenvalue weighted by atomic mass is 32.1. The monoisotopic (exact) mass is 505 g/mol. The lowest BCUT2D eigenvalue weighted by molar-refractivity contribution is -0.144. The smallest absolute Gasteiger partial charge is 0.419 e.